The monoisotopic (exact) mass is 367 g/mol. The second kappa shape index (κ2) is 7.20. The van der Waals surface area contributed by atoms with E-state index in [0.717, 1.165) is 5.56 Å². The van der Waals surface area contributed by atoms with Gasteiger partial charge in [-0.3, -0.25) is 14.7 Å². The quantitative estimate of drug-likeness (QED) is 0.774. The van der Waals surface area contributed by atoms with Crippen LogP contribution in [0.2, 0.25) is 0 Å². The molecule has 1 aliphatic heterocycles. The van der Waals surface area contributed by atoms with Gasteiger partial charge in [-0.2, -0.15) is 0 Å². The molecule has 1 aliphatic rings. The zero-order chi connectivity index (χ0) is 18.8. The van der Waals surface area contributed by atoms with Crippen molar-refractivity contribution in [3.63, 3.8) is 0 Å². The highest BCUT2D eigenvalue weighted by Gasteiger charge is 2.27. The van der Waals surface area contributed by atoms with Crippen LogP contribution >= 0.6 is 0 Å². The van der Waals surface area contributed by atoms with Crippen molar-refractivity contribution in [3.05, 3.63) is 88.1 Å². The van der Waals surface area contributed by atoms with Gasteiger partial charge in [0.1, 0.15) is 17.6 Å². The van der Waals surface area contributed by atoms with Crippen LogP contribution in [0.1, 0.15) is 22.2 Å². The summed E-state index contributed by atoms with van der Waals surface area (Å²) in [5, 5.41) is 2.88. The molecule has 6 nitrogen and oxygen atoms in total. The number of amides is 1. The first-order valence-corrected chi connectivity index (χ1v) is 8.65. The van der Waals surface area contributed by atoms with Crippen molar-refractivity contribution in [2.24, 2.45) is 0 Å². The van der Waals surface area contributed by atoms with Gasteiger partial charge >= 0.3 is 0 Å². The maximum atomic E-state index is 13.1. The molecule has 0 saturated carbocycles. The Morgan fingerprint density at radius 1 is 1.11 bits per heavy atom. The van der Waals surface area contributed by atoms with Gasteiger partial charge in [-0.1, -0.05) is 30.3 Å². The van der Waals surface area contributed by atoms with E-state index in [1.54, 1.807) is 29.2 Å². The molecule has 0 bridgehead atoms. The zero-order valence-corrected chi connectivity index (χ0v) is 14.5. The molecule has 138 valence electrons. The number of H-pyrrole nitrogens is 1. The summed E-state index contributed by atoms with van der Waals surface area (Å²) in [5.41, 5.74) is 1.40. The third-order valence-corrected chi connectivity index (χ3v) is 4.56. The van der Waals surface area contributed by atoms with Gasteiger partial charge in [-0.15, -0.1) is 0 Å². The Bertz CT molecular complexity index is 995. The number of aromatic amines is 1. The Labute approximate surface area is 154 Å². The van der Waals surface area contributed by atoms with Crippen LogP contribution in [0.4, 0.5) is 4.39 Å². The summed E-state index contributed by atoms with van der Waals surface area (Å²) in [6, 6.07) is 16.4. The topological polar surface area (TPSA) is 67.3 Å². The number of rotatable bonds is 3. The van der Waals surface area contributed by atoms with Gasteiger partial charge in [0.25, 0.3) is 11.5 Å². The first-order chi connectivity index (χ1) is 13.1. The molecular weight excluding hydrogens is 349 g/mol. The number of halogens is 1. The number of ether oxygens (including phenoxy) is 1. The molecule has 1 N–H and O–H groups in total. The summed E-state index contributed by atoms with van der Waals surface area (Å²) < 4.78 is 20.2. The Hall–Kier alpha value is -3.19. The summed E-state index contributed by atoms with van der Waals surface area (Å²) in [5.74, 6) is -0.584. The van der Waals surface area contributed by atoms with Crippen LogP contribution in [0.25, 0.3) is 5.69 Å². The first kappa shape index (κ1) is 17.2. The fourth-order valence-corrected chi connectivity index (χ4v) is 3.16. The van der Waals surface area contributed by atoms with E-state index in [2.05, 4.69) is 5.10 Å². The minimum atomic E-state index is -0.328. The lowest BCUT2D eigenvalue weighted by atomic mass is 10.1. The zero-order valence-electron chi connectivity index (χ0n) is 14.5. The molecular formula is C20H18FN3O3. The maximum absolute atomic E-state index is 13.1. The Balaban J connectivity index is 1.54. The number of nitrogens with one attached hydrogen (secondary N) is 1. The normalized spacial score (nSPS) is 17.1. The van der Waals surface area contributed by atoms with Crippen molar-refractivity contribution in [1.29, 1.82) is 0 Å². The third-order valence-electron chi connectivity index (χ3n) is 4.56. The van der Waals surface area contributed by atoms with Crippen LogP contribution in [0.15, 0.2) is 65.5 Å². The molecule has 0 aliphatic carbocycles. The SMILES string of the molecule is O=C(c1cc(=O)n(-c2ccccc2)[nH]1)N1CCO[C@@H](c2ccc(F)cc2)C1. The van der Waals surface area contributed by atoms with Gasteiger partial charge < -0.3 is 9.64 Å². The van der Waals surface area contributed by atoms with E-state index >= 15 is 0 Å². The molecule has 7 heteroatoms. The first-order valence-electron chi connectivity index (χ1n) is 8.65. The molecule has 1 aromatic heterocycles. The van der Waals surface area contributed by atoms with Crippen molar-refractivity contribution in [1.82, 2.24) is 14.7 Å². The van der Waals surface area contributed by atoms with Gasteiger partial charge in [-0.25, -0.2) is 9.07 Å². The molecule has 0 radical (unpaired) electrons. The maximum Gasteiger partial charge on any atom is 0.272 e. The van der Waals surface area contributed by atoms with Crippen molar-refractivity contribution in [2.75, 3.05) is 19.7 Å². The minimum absolute atomic E-state index is 0.226. The van der Waals surface area contributed by atoms with Crippen LogP contribution in [0, 0.1) is 5.82 Å². The fourth-order valence-electron chi connectivity index (χ4n) is 3.16. The number of carbonyl (C=O) groups excluding carboxylic acids is 1. The van der Waals surface area contributed by atoms with Crippen molar-refractivity contribution < 1.29 is 13.9 Å². The van der Waals surface area contributed by atoms with E-state index in [1.165, 1.54) is 22.9 Å². The number of morpholine rings is 1. The van der Waals surface area contributed by atoms with E-state index in [1.807, 2.05) is 18.2 Å². The lowest BCUT2D eigenvalue weighted by molar-refractivity contribution is -0.0230. The molecule has 1 atom stereocenters. The highest BCUT2D eigenvalue weighted by Crippen LogP contribution is 2.23. The third kappa shape index (κ3) is 3.54. The minimum Gasteiger partial charge on any atom is -0.370 e. The average Bonchev–Trinajstić information content (AvgIpc) is 3.10. The number of hydrogen-bond acceptors (Lipinski definition) is 3. The molecule has 2 aromatic carbocycles. The lowest BCUT2D eigenvalue weighted by Crippen LogP contribution is -2.42. The summed E-state index contributed by atoms with van der Waals surface area (Å²) >= 11 is 0. The second-order valence-corrected chi connectivity index (χ2v) is 6.34. The number of carbonyl (C=O) groups is 1. The summed E-state index contributed by atoms with van der Waals surface area (Å²) in [6.07, 6.45) is -0.328. The predicted octanol–water partition coefficient (Wildman–Crippen LogP) is 2.52. The molecule has 3 aromatic rings. The summed E-state index contributed by atoms with van der Waals surface area (Å²) in [4.78, 5) is 26.7. The van der Waals surface area contributed by atoms with Crippen molar-refractivity contribution in [2.45, 2.75) is 6.10 Å². The van der Waals surface area contributed by atoms with Crippen molar-refractivity contribution in [3.8, 4) is 5.69 Å². The van der Waals surface area contributed by atoms with E-state index in [4.69, 9.17) is 4.74 Å². The molecule has 1 saturated heterocycles. The molecule has 0 spiro atoms. The van der Waals surface area contributed by atoms with Gasteiger partial charge in [0.2, 0.25) is 0 Å². The molecule has 2 heterocycles. The van der Waals surface area contributed by atoms with Crippen LogP contribution < -0.4 is 5.56 Å². The number of hydrogen-bond donors (Lipinski definition) is 1. The molecule has 27 heavy (non-hydrogen) atoms. The highest BCUT2D eigenvalue weighted by molar-refractivity contribution is 5.92. The van der Waals surface area contributed by atoms with E-state index in [9.17, 15) is 14.0 Å². The van der Waals surface area contributed by atoms with Gasteiger partial charge in [-0.05, 0) is 29.8 Å². The van der Waals surface area contributed by atoms with Crippen LogP contribution in [0.5, 0.6) is 0 Å². The average molecular weight is 367 g/mol. The van der Waals surface area contributed by atoms with Crippen LogP contribution in [0.3, 0.4) is 0 Å². The van der Waals surface area contributed by atoms with E-state index in [-0.39, 0.29) is 29.1 Å². The molecule has 1 amide bonds. The Kier molecular flexibility index (Phi) is 4.60. The highest BCUT2D eigenvalue weighted by atomic mass is 19.1. The number of para-hydroxylation sites is 1. The van der Waals surface area contributed by atoms with E-state index in [0.29, 0.717) is 25.4 Å². The fraction of sp³-hybridized carbons (Fsp3) is 0.200. The lowest BCUT2D eigenvalue weighted by Gasteiger charge is -2.33. The summed E-state index contributed by atoms with van der Waals surface area (Å²) in [7, 11) is 0. The number of nitrogens with zero attached hydrogens (tertiary/aromatic N) is 2. The van der Waals surface area contributed by atoms with Crippen LogP contribution in [-0.4, -0.2) is 40.3 Å². The summed E-state index contributed by atoms with van der Waals surface area (Å²) in [6.45, 7) is 1.13. The van der Waals surface area contributed by atoms with Gasteiger partial charge in [0, 0.05) is 12.6 Å². The van der Waals surface area contributed by atoms with E-state index < -0.39 is 0 Å². The largest absolute Gasteiger partial charge is 0.370 e. The standard InChI is InChI=1S/C20H18FN3O3/c21-15-8-6-14(7-9-15)18-13-23(10-11-27-18)20(26)17-12-19(25)24(22-17)16-4-2-1-3-5-16/h1-9,12,18,22H,10-11,13H2/t18-/m1/s1. The molecule has 4 rings (SSSR count). The van der Waals surface area contributed by atoms with Gasteiger partial charge in [0.05, 0.1) is 18.8 Å². The van der Waals surface area contributed by atoms with Crippen LogP contribution in [-0.2, 0) is 4.74 Å². The smallest absolute Gasteiger partial charge is 0.272 e. The number of benzene rings is 2. The molecule has 0 unspecified atom stereocenters. The molecule has 1 fully saturated rings. The number of aromatic nitrogens is 2. The second-order valence-electron chi connectivity index (χ2n) is 6.34. The van der Waals surface area contributed by atoms with Crippen molar-refractivity contribution >= 4 is 5.91 Å². The predicted molar refractivity (Wildman–Crippen MR) is 97.4 cm³/mol. The van der Waals surface area contributed by atoms with Gasteiger partial charge in [0.15, 0.2) is 0 Å². The Morgan fingerprint density at radius 2 is 1.85 bits per heavy atom. The Morgan fingerprint density at radius 3 is 2.59 bits per heavy atom.